The van der Waals surface area contributed by atoms with Crippen molar-refractivity contribution in [2.24, 2.45) is 5.11 Å². The molecule has 1 aromatic carbocycles. The first-order valence-corrected chi connectivity index (χ1v) is 4.76. The summed E-state index contributed by atoms with van der Waals surface area (Å²) in [4.78, 5) is 12.8. The summed E-state index contributed by atoms with van der Waals surface area (Å²) >= 11 is 0. The van der Waals surface area contributed by atoms with Gasteiger partial charge in [0, 0.05) is 11.5 Å². The molecule has 0 bridgehead atoms. The lowest BCUT2D eigenvalue weighted by Crippen LogP contribution is -1.75. The van der Waals surface area contributed by atoms with Gasteiger partial charge in [-0.05, 0) is 22.7 Å². The van der Waals surface area contributed by atoms with Crippen molar-refractivity contribution in [1.29, 1.82) is 0 Å². The first-order chi connectivity index (χ1) is 7.86. The van der Waals surface area contributed by atoms with E-state index in [0.29, 0.717) is 6.54 Å². The fraction of sp³-hybridized carbons (Fsp3) is 0.0833. The quantitative estimate of drug-likeness (QED) is 0.243. The van der Waals surface area contributed by atoms with Crippen molar-refractivity contribution in [3.63, 3.8) is 0 Å². The van der Waals surface area contributed by atoms with Crippen LogP contribution in [0, 0.1) is 0 Å². The summed E-state index contributed by atoms with van der Waals surface area (Å²) in [5.74, 6) is 0. The predicted molar refractivity (Wildman–Crippen MR) is 64.6 cm³/mol. The number of allylic oxidation sites excluding steroid dienone is 1. The minimum Gasteiger partial charge on any atom is -0.299 e. The van der Waals surface area contributed by atoms with Crippen LogP contribution in [0.15, 0.2) is 41.5 Å². The predicted octanol–water partition coefficient (Wildman–Crippen LogP) is 3.22. The summed E-state index contributed by atoms with van der Waals surface area (Å²) in [6.45, 7) is 0.350. The molecule has 16 heavy (non-hydrogen) atoms. The molecule has 0 heterocycles. The smallest absolute Gasteiger partial charge is 0.142 e. The molecule has 4 heteroatoms. The maximum absolute atomic E-state index is 10.1. The van der Waals surface area contributed by atoms with E-state index in [2.05, 4.69) is 10.0 Å². The number of azide groups is 1. The van der Waals surface area contributed by atoms with Crippen molar-refractivity contribution < 1.29 is 4.79 Å². The van der Waals surface area contributed by atoms with Gasteiger partial charge in [-0.25, -0.2) is 0 Å². The Morgan fingerprint density at radius 1 is 1.19 bits per heavy atom. The van der Waals surface area contributed by atoms with Gasteiger partial charge in [0.15, 0.2) is 0 Å². The third kappa shape index (κ3) is 4.26. The zero-order valence-corrected chi connectivity index (χ0v) is 8.65. The van der Waals surface area contributed by atoms with Crippen LogP contribution in [0.4, 0.5) is 0 Å². The largest absolute Gasteiger partial charge is 0.299 e. The van der Waals surface area contributed by atoms with Gasteiger partial charge in [0.2, 0.25) is 0 Å². The van der Waals surface area contributed by atoms with Gasteiger partial charge < -0.3 is 0 Å². The van der Waals surface area contributed by atoms with Gasteiger partial charge in [0.1, 0.15) is 6.29 Å². The number of hydrogen-bond donors (Lipinski definition) is 0. The molecule has 0 saturated carbocycles. The van der Waals surface area contributed by atoms with Gasteiger partial charge >= 0.3 is 0 Å². The lowest BCUT2D eigenvalue weighted by Gasteiger charge is -1.94. The first-order valence-electron chi connectivity index (χ1n) is 4.76. The van der Waals surface area contributed by atoms with Crippen LogP contribution < -0.4 is 0 Å². The average Bonchev–Trinajstić information content (AvgIpc) is 2.33. The number of nitrogens with zero attached hydrogens (tertiary/aromatic N) is 3. The van der Waals surface area contributed by atoms with E-state index in [1.165, 1.54) is 6.08 Å². The number of carbonyl (C=O) groups is 1. The number of benzene rings is 1. The average molecular weight is 213 g/mol. The van der Waals surface area contributed by atoms with E-state index < -0.39 is 0 Å². The molecule has 0 amide bonds. The molecule has 0 saturated heterocycles. The van der Waals surface area contributed by atoms with Crippen molar-refractivity contribution in [1.82, 2.24) is 0 Å². The Balaban J connectivity index is 2.63. The molecule has 0 atom stereocenters. The molecule has 0 N–H and O–H groups in total. The molecule has 0 aliphatic rings. The summed E-state index contributed by atoms with van der Waals surface area (Å²) in [5.41, 5.74) is 10.1. The second-order valence-corrected chi connectivity index (χ2v) is 2.98. The summed E-state index contributed by atoms with van der Waals surface area (Å²) in [5, 5.41) is 3.39. The SMILES string of the molecule is [N-]=[N+]=NCC=Cc1ccc(/C=C/C=O)cc1. The van der Waals surface area contributed by atoms with Crippen LogP contribution in [0.3, 0.4) is 0 Å². The van der Waals surface area contributed by atoms with Gasteiger partial charge in [-0.1, -0.05) is 47.6 Å². The Bertz CT molecular complexity index is 440. The van der Waals surface area contributed by atoms with Gasteiger partial charge in [-0.15, -0.1) is 0 Å². The highest BCUT2D eigenvalue weighted by atomic mass is 16.1. The molecular weight excluding hydrogens is 202 g/mol. The summed E-state index contributed by atoms with van der Waals surface area (Å²) in [6.07, 6.45) is 7.60. The monoisotopic (exact) mass is 213 g/mol. The van der Waals surface area contributed by atoms with Crippen molar-refractivity contribution >= 4 is 18.4 Å². The molecule has 0 aliphatic heterocycles. The molecule has 4 nitrogen and oxygen atoms in total. The lowest BCUT2D eigenvalue weighted by molar-refractivity contribution is -0.104. The third-order valence-electron chi connectivity index (χ3n) is 1.86. The topological polar surface area (TPSA) is 65.8 Å². The first kappa shape index (κ1) is 11.8. The standard InChI is InChI=1S/C12H11N3O/c13-15-14-9-1-3-11-5-7-12(8-6-11)4-2-10-16/h1-8,10H,9H2/b3-1?,4-2+. The zero-order valence-electron chi connectivity index (χ0n) is 8.65. The van der Waals surface area contributed by atoms with E-state index in [1.54, 1.807) is 12.2 Å². The zero-order chi connectivity index (χ0) is 11.6. The molecular formula is C12H11N3O. The van der Waals surface area contributed by atoms with E-state index in [0.717, 1.165) is 17.4 Å². The maximum Gasteiger partial charge on any atom is 0.142 e. The molecule has 0 radical (unpaired) electrons. The van der Waals surface area contributed by atoms with Crippen molar-refractivity contribution in [3.05, 3.63) is 58.0 Å². The molecule has 80 valence electrons. The summed E-state index contributed by atoms with van der Waals surface area (Å²) in [7, 11) is 0. The molecule has 0 unspecified atom stereocenters. The molecule has 0 spiro atoms. The van der Waals surface area contributed by atoms with Crippen LogP contribution in [0.2, 0.25) is 0 Å². The summed E-state index contributed by atoms with van der Waals surface area (Å²) in [6, 6.07) is 7.68. The van der Waals surface area contributed by atoms with Crippen LogP contribution in [-0.4, -0.2) is 12.8 Å². The summed E-state index contributed by atoms with van der Waals surface area (Å²) < 4.78 is 0. The van der Waals surface area contributed by atoms with E-state index >= 15 is 0 Å². The minimum atomic E-state index is 0.350. The van der Waals surface area contributed by atoms with Crippen molar-refractivity contribution in [2.45, 2.75) is 0 Å². The van der Waals surface area contributed by atoms with E-state index in [9.17, 15) is 4.79 Å². The van der Waals surface area contributed by atoms with Crippen LogP contribution >= 0.6 is 0 Å². The highest BCUT2D eigenvalue weighted by Gasteiger charge is 1.87. The van der Waals surface area contributed by atoms with Gasteiger partial charge in [0.25, 0.3) is 0 Å². The second kappa shape index (κ2) is 7.04. The van der Waals surface area contributed by atoms with Crippen LogP contribution in [0.5, 0.6) is 0 Å². The second-order valence-electron chi connectivity index (χ2n) is 2.98. The van der Waals surface area contributed by atoms with Crippen molar-refractivity contribution in [2.75, 3.05) is 6.54 Å². The normalized spacial score (nSPS) is 10.5. The number of rotatable bonds is 5. The van der Waals surface area contributed by atoms with Crippen molar-refractivity contribution in [3.8, 4) is 0 Å². The van der Waals surface area contributed by atoms with E-state index in [4.69, 9.17) is 5.53 Å². The highest BCUT2D eigenvalue weighted by Crippen LogP contribution is 2.07. The van der Waals surface area contributed by atoms with Gasteiger partial charge in [-0.2, -0.15) is 0 Å². The number of carbonyl (C=O) groups excluding carboxylic acids is 1. The van der Waals surface area contributed by atoms with E-state index in [1.807, 2.05) is 30.3 Å². The molecule has 1 aromatic rings. The Hall–Kier alpha value is -2.32. The van der Waals surface area contributed by atoms with Crippen LogP contribution in [-0.2, 0) is 4.79 Å². The van der Waals surface area contributed by atoms with Crippen LogP contribution in [0.25, 0.3) is 22.6 Å². The molecule has 0 aromatic heterocycles. The molecule has 1 rings (SSSR count). The molecule has 0 aliphatic carbocycles. The molecule has 0 fully saturated rings. The maximum atomic E-state index is 10.1. The number of hydrogen-bond acceptors (Lipinski definition) is 2. The highest BCUT2D eigenvalue weighted by molar-refractivity contribution is 5.74. The Morgan fingerprint density at radius 2 is 1.81 bits per heavy atom. The Morgan fingerprint density at radius 3 is 2.38 bits per heavy atom. The number of aldehydes is 1. The van der Waals surface area contributed by atoms with Crippen LogP contribution in [0.1, 0.15) is 11.1 Å². The minimum absolute atomic E-state index is 0.350. The fourth-order valence-corrected chi connectivity index (χ4v) is 1.14. The third-order valence-corrected chi connectivity index (χ3v) is 1.86. The van der Waals surface area contributed by atoms with E-state index in [-0.39, 0.29) is 0 Å². The van der Waals surface area contributed by atoms with Gasteiger partial charge in [-0.3, -0.25) is 4.79 Å². The lowest BCUT2D eigenvalue weighted by atomic mass is 10.1. The van der Waals surface area contributed by atoms with Gasteiger partial charge in [0.05, 0.1) is 0 Å². The Kier molecular flexibility index (Phi) is 5.17. The Labute approximate surface area is 93.5 Å². The fourth-order valence-electron chi connectivity index (χ4n) is 1.14.